The van der Waals surface area contributed by atoms with Crippen LogP contribution in [0.4, 0.5) is 8.78 Å². The van der Waals surface area contributed by atoms with Gasteiger partial charge in [-0.05, 0) is 0 Å². The lowest BCUT2D eigenvalue weighted by molar-refractivity contribution is 0.145. The van der Waals surface area contributed by atoms with E-state index < -0.39 is 37.6 Å². The minimum atomic E-state index is -4.25. The number of halogens is 3. The summed E-state index contributed by atoms with van der Waals surface area (Å²) < 4.78 is 46.2. The quantitative estimate of drug-likeness (QED) is 0.814. The first-order chi connectivity index (χ1) is 6.73. The van der Waals surface area contributed by atoms with Crippen LogP contribution in [0.3, 0.4) is 0 Å². The summed E-state index contributed by atoms with van der Waals surface area (Å²) >= 11 is 5.25. The van der Waals surface area contributed by atoms with Crippen molar-refractivity contribution in [1.29, 1.82) is 0 Å². The zero-order chi connectivity index (χ0) is 11.8. The number of primary sulfonamides is 1. The fraction of sp³-hybridized carbons (Fsp3) is 0.167. The van der Waals surface area contributed by atoms with Gasteiger partial charge in [-0.1, -0.05) is 11.6 Å². The Balaban J connectivity index is 3.58. The van der Waals surface area contributed by atoms with Crippen molar-refractivity contribution in [2.45, 2.75) is 11.5 Å². The summed E-state index contributed by atoms with van der Waals surface area (Å²) in [5.74, 6) is 0. The van der Waals surface area contributed by atoms with Gasteiger partial charge >= 0.3 is 0 Å². The Bertz CT molecular complexity index is 540. The average molecular weight is 259 g/mol. The zero-order valence-corrected chi connectivity index (χ0v) is 8.57. The first kappa shape index (κ1) is 12.1. The highest BCUT2D eigenvalue weighted by atomic mass is 35.5. The number of aromatic nitrogens is 1. The molecule has 0 aromatic carbocycles. The lowest BCUT2D eigenvalue weighted by Gasteiger charge is -2.05. The molecule has 0 spiro atoms. The molecule has 3 N–H and O–H groups in total. The first-order valence-electron chi connectivity index (χ1n) is 3.47. The van der Waals surface area contributed by atoms with E-state index in [0.29, 0.717) is 6.07 Å². The molecular weight excluding hydrogens is 254 g/mol. The monoisotopic (exact) mass is 258 g/mol. The Morgan fingerprint density at radius 1 is 1.47 bits per heavy atom. The lowest BCUT2D eigenvalue weighted by atomic mass is 10.3. The Labute approximate surface area is 87.9 Å². The number of pyridine rings is 1. The van der Waals surface area contributed by atoms with Crippen LogP contribution in [-0.2, 0) is 10.0 Å². The van der Waals surface area contributed by atoms with E-state index in [4.69, 9.17) is 11.6 Å². The van der Waals surface area contributed by atoms with Crippen molar-refractivity contribution in [3.8, 4) is 0 Å². The maximum Gasteiger partial charge on any atom is 0.279 e. The van der Waals surface area contributed by atoms with Crippen LogP contribution >= 0.6 is 11.6 Å². The van der Waals surface area contributed by atoms with Gasteiger partial charge in [0, 0.05) is 6.07 Å². The lowest BCUT2D eigenvalue weighted by Crippen LogP contribution is -2.19. The van der Waals surface area contributed by atoms with Crippen LogP contribution in [0, 0.1) is 0 Å². The molecular formula is C6H5ClF2N2O3S. The van der Waals surface area contributed by atoms with Gasteiger partial charge in [-0.2, -0.15) is 0 Å². The summed E-state index contributed by atoms with van der Waals surface area (Å²) in [4.78, 5) is 12.8. The van der Waals surface area contributed by atoms with Gasteiger partial charge in [0.25, 0.3) is 16.4 Å². The first-order valence-corrected chi connectivity index (χ1v) is 5.39. The van der Waals surface area contributed by atoms with E-state index >= 15 is 0 Å². The van der Waals surface area contributed by atoms with Crippen molar-refractivity contribution in [2.24, 2.45) is 5.14 Å². The normalized spacial score (nSPS) is 12.1. The number of nitrogens with one attached hydrogen (secondary N) is 1. The highest BCUT2D eigenvalue weighted by Crippen LogP contribution is 2.22. The Morgan fingerprint density at radius 2 is 2.00 bits per heavy atom. The van der Waals surface area contributed by atoms with E-state index in [9.17, 15) is 22.0 Å². The van der Waals surface area contributed by atoms with Crippen LogP contribution in [0.5, 0.6) is 0 Å². The summed E-state index contributed by atoms with van der Waals surface area (Å²) in [6.45, 7) is 0. The topological polar surface area (TPSA) is 93.0 Å². The molecule has 0 unspecified atom stereocenters. The van der Waals surface area contributed by atoms with Crippen molar-refractivity contribution in [1.82, 2.24) is 4.98 Å². The second-order valence-corrected chi connectivity index (χ2v) is 4.48. The third-order valence-electron chi connectivity index (χ3n) is 1.50. The van der Waals surface area contributed by atoms with Gasteiger partial charge in [0.1, 0.15) is 10.7 Å². The molecule has 0 aliphatic heterocycles. The van der Waals surface area contributed by atoms with Gasteiger partial charge in [-0.25, -0.2) is 22.3 Å². The number of hydrogen-bond donors (Lipinski definition) is 2. The van der Waals surface area contributed by atoms with Crippen LogP contribution in [0.15, 0.2) is 15.9 Å². The number of alkyl halides is 2. The SMILES string of the molecule is NS(=O)(=O)c1cc(=O)c(Cl)c(C(F)F)[nH]1. The summed E-state index contributed by atoms with van der Waals surface area (Å²) in [6.07, 6.45) is -3.09. The van der Waals surface area contributed by atoms with E-state index in [2.05, 4.69) is 5.14 Å². The van der Waals surface area contributed by atoms with Crippen molar-refractivity contribution in [2.75, 3.05) is 0 Å². The maximum absolute atomic E-state index is 12.3. The fourth-order valence-electron chi connectivity index (χ4n) is 0.842. The van der Waals surface area contributed by atoms with Gasteiger partial charge in [-0.3, -0.25) is 4.79 Å². The largest absolute Gasteiger partial charge is 0.342 e. The minimum Gasteiger partial charge on any atom is -0.342 e. The molecule has 1 rings (SSSR count). The molecule has 5 nitrogen and oxygen atoms in total. The number of H-pyrrole nitrogens is 1. The zero-order valence-electron chi connectivity index (χ0n) is 7.00. The minimum absolute atomic E-state index is 0.545. The molecule has 0 radical (unpaired) electrons. The number of rotatable bonds is 2. The van der Waals surface area contributed by atoms with Crippen LogP contribution in [0.25, 0.3) is 0 Å². The van der Waals surface area contributed by atoms with E-state index in [0.717, 1.165) is 0 Å². The molecule has 1 aromatic rings. The van der Waals surface area contributed by atoms with Crippen molar-refractivity contribution < 1.29 is 17.2 Å². The van der Waals surface area contributed by atoms with Crippen LogP contribution in [-0.4, -0.2) is 13.4 Å². The summed E-state index contributed by atoms with van der Waals surface area (Å²) in [5, 5.41) is 3.11. The van der Waals surface area contributed by atoms with Gasteiger partial charge in [0.05, 0.1) is 0 Å². The summed E-state index contributed by atoms with van der Waals surface area (Å²) in [7, 11) is -4.25. The Morgan fingerprint density at radius 3 is 2.40 bits per heavy atom. The molecule has 0 aliphatic rings. The number of aromatic amines is 1. The highest BCUT2D eigenvalue weighted by Gasteiger charge is 2.19. The van der Waals surface area contributed by atoms with Gasteiger partial charge in [0.2, 0.25) is 5.43 Å². The summed E-state index contributed by atoms with van der Waals surface area (Å²) in [6, 6.07) is 0.545. The van der Waals surface area contributed by atoms with Crippen molar-refractivity contribution in [3.63, 3.8) is 0 Å². The molecule has 0 amide bonds. The Hall–Kier alpha value is -0.990. The summed E-state index contributed by atoms with van der Waals surface area (Å²) in [5.41, 5.74) is -2.00. The molecule has 0 saturated heterocycles. The van der Waals surface area contributed by atoms with Crippen LogP contribution in [0.1, 0.15) is 12.1 Å². The smallest absolute Gasteiger partial charge is 0.279 e. The van der Waals surface area contributed by atoms with E-state index in [-0.39, 0.29) is 0 Å². The molecule has 1 aromatic heterocycles. The number of nitrogens with two attached hydrogens (primary N) is 1. The van der Waals surface area contributed by atoms with Crippen molar-refractivity contribution >= 4 is 21.6 Å². The van der Waals surface area contributed by atoms with Gasteiger partial charge in [0.15, 0.2) is 5.03 Å². The molecule has 0 atom stereocenters. The second kappa shape index (κ2) is 3.87. The van der Waals surface area contributed by atoms with Crippen LogP contribution < -0.4 is 10.6 Å². The molecule has 0 fully saturated rings. The fourth-order valence-corrected chi connectivity index (χ4v) is 1.55. The molecule has 9 heteroatoms. The molecule has 84 valence electrons. The highest BCUT2D eigenvalue weighted by molar-refractivity contribution is 7.89. The van der Waals surface area contributed by atoms with Gasteiger partial charge < -0.3 is 4.98 Å². The van der Waals surface area contributed by atoms with E-state index in [1.807, 2.05) is 0 Å². The number of hydrogen-bond acceptors (Lipinski definition) is 3. The van der Waals surface area contributed by atoms with Crippen LogP contribution in [0.2, 0.25) is 5.02 Å². The van der Waals surface area contributed by atoms with E-state index in [1.54, 1.807) is 4.98 Å². The van der Waals surface area contributed by atoms with E-state index in [1.165, 1.54) is 0 Å². The molecule has 0 aliphatic carbocycles. The third kappa shape index (κ3) is 2.52. The van der Waals surface area contributed by atoms with Crippen molar-refractivity contribution in [3.05, 3.63) is 27.0 Å². The Kier molecular flexibility index (Phi) is 3.12. The third-order valence-corrected chi connectivity index (χ3v) is 2.72. The molecule has 0 saturated carbocycles. The predicted octanol–water partition coefficient (Wildman–Crippen LogP) is 0.613. The average Bonchev–Trinajstić information content (AvgIpc) is 2.06. The van der Waals surface area contributed by atoms with Gasteiger partial charge in [-0.15, -0.1) is 0 Å². The predicted molar refractivity (Wildman–Crippen MR) is 48.4 cm³/mol. The molecule has 1 heterocycles. The standard InChI is InChI=1S/C6H5ClF2N2O3S/c7-4-2(12)1-3(15(10,13)14)11-5(4)6(8)9/h1,6H,(H,11,12)(H2,10,13,14). The molecule has 15 heavy (non-hydrogen) atoms. The maximum atomic E-state index is 12.3. The number of sulfonamides is 1. The molecule has 0 bridgehead atoms. The second-order valence-electron chi connectivity index (χ2n) is 2.57.